The topological polar surface area (TPSA) is 44.9 Å². The summed E-state index contributed by atoms with van der Waals surface area (Å²) < 4.78 is 0. The quantitative estimate of drug-likeness (QED) is 0.731. The van der Waals surface area contributed by atoms with Crippen LogP contribution in [-0.4, -0.2) is 23.9 Å². The average Bonchev–Trinajstić information content (AvgIpc) is 2.77. The minimum Gasteiger partial charge on any atom is -0.361 e. The van der Waals surface area contributed by atoms with E-state index in [1.165, 1.54) is 29.8 Å². The Morgan fingerprint density at radius 1 is 1.11 bits per heavy atom. The molecule has 1 aliphatic heterocycles. The second-order valence-electron chi connectivity index (χ2n) is 6.07. The van der Waals surface area contributed by atoms with Crippen LogP contribution in [-0.2, 0) is 19.3 Å². The lowest BCUT2D eigenvalue weighted by Crippen LogP contribution is -2.44. The van der Waals surface area contributed by atoms with Crippen molar-refractivity contribution in [3.8, 4) is 0 Å². The van der Waals surface area contributed by atoms with Crippen molar-refractivity contribution in [3.63, 3.8) is 0 Å². The highest BCUT2D eigenvalue weighted by Gasteiger charge is 2.40. The van der Waals surface area contributed by atoms with Crippen molar-refractivity contribution in [2.45, 2.75) is 38.5 Å². The Bertz CT molecular complexity index is 503. The third kappa shape index (κ3) is 1.43. The molecule has 0 unspecified atom stereocenters. The highest BCUT2D eigenvalue weighted by Crippen LogP contribution is 2.38. The first-order chi connectivity index (χ1) is 8.84. The fraction of sp³-hybridized carbons (Fsp3) is 0.667. The van der Waals surface area contributed by atoms with E-state index >= 15 is 0 Å². The molecule has 2 heterocycles. The molecule has 1 fully saturated rings. The van der Waals surface area contributed by atoms with Crippen LogP contribution < -0.4 is 5.32 Å². The van der Waals surface area contributed by atoms with Gasteiger partial charge in [-0.15, -0.1) is 0 Å². The molecule has 96 valence electrons. The maximum absolute atomic E-state index is 12.7. The molecule has 0 spiro atoms. The summed E-state index contributed by atoms with van der Waals surface area (Å²) in [7, 11) is 0. The van der Waals surface area contributed by atoms with E-state index in [2.05, 4.69) is 10.3 Å². The summed E-state index contributed by atoms with van der Waals surface area (Å²) >= 11 is 0. The number of rotatable bonds is 0. The Hall–Kier alpha value is -1.09. The number of H-pyrrole nitrogens is 1. The van der Waals surface area contributed by atoms with Crippen LogP contribution in [0.25, 0.3) is 0 Å². The van der Waals surface area contributed by atoms with E-state index < -0.39 is 0 Å². The average molecular weight is 244 g/mol. The molecule has 0 saturated carbocycles. The number of fused-ring (bicyclic) bond motifs is 4. The minimum atomic E-state index is 0.244. The van der Waals surface area contributed by atoms with Gasteiger partial charge in [0.1, 0.15) is 0 Å². The first-order valence-electron chi connectivity index (χ1n) is 7.32. The van der Waals surface area contributed by atoms with Gasteiger partial charge in [-0.2, -0.15) is 0 Å². The number of carbonyl (C=O) groups is 1. The zero-order valence-electron chi connectivity index (χ0n) is 10.7. The Morgan fingerprint density at radius 3 is 2.94 bits per heavy atom. The standard InChI is InChI=1S/C15H20N2O/c18-15-11-8-16-6-5-9(11)7-13-14(15)10-3-1-2-4-12(10)17-13/h9,11,16-17H,1-8H2/t9-,11+/m0/s1. The number of hydrogen-bond acceptors (Lipinski definition) is 2. The number of piperidine rings is 1. The van der Waals surface area contributed by atoms with Crippen molar-refractivity contribution in [1.82, 2.24) is 10.3 Å². The molecule has 0 radical (unpaired) electrons. The summed E-state index contributed by atoms with van der Waals surface area (Å²) in [6, 6.07) is 0. The first-order valence-corrected chi connectivity index (χ1v) is 7.32. The molecule has 3 heteroatoms. The van der Waals surface area contributed by atoms with E-state index in [1.807, 2.05) is 0 Å². The second kappa shape index (κ2) is 3.95. The van der Waals surface area contributed by atoms with Crippen LogP contribution in [0.1, 0.15) is 46.6 Å². The SMILES string of the molecule is O=C1c2c([nH]c3c2CCCC3)C[C@@H]2CCNC[C@@H]12. The molecule has 3 aliphatic rings. The smallest absolute Gasteiger partial charge is 0.169 e. The van der Waals surface area contributed by atoms with Crippen molar-refractivity contribution >= 4 is 5.78 Å². The summed E-state index contributed by atoms with van der Waals surface area (Å²) in [5, 5.41) is 3.39. The molecule has 1 aromatic heterocycles. The third-order valence-electron chi connectivity index (χ3n) is 5.05. The van der Waals surface area contributed by atoms with E-state index in [1.54, 1.807) is 0 Å². The van der Waals surface area contributed by atoms with E-state index in [0.717, 1.165) is 44.3 Å². The van der Waals surface area contributed by atoms with Gasteiger partial charge in [0.15, 0.2) is 5.78 Å². The summed E-state index contributed by atoms with van der Waals surface area (Å²) in [5.74, 6) is 1.24. The molecule has 2 N–H and O–H groups in total. The van der Waals surface area contributed by atoms with Gasteiger partial charge in [0.25, 0.3) is 0 Å². The van der Waals surface area contributed by atoms with Gasteiger partial charge in [-0.3, -0.25) is 4.79 Å². The van der Waals surface area contributed by atoms with Gasteiger partial charge in [-0.05, 0) is 56.6 Å². The van der Waals surface area contributed by atoms with Crippen molar-refractivity contribution in [3.05, 3.63) is 22.5 Å². The molecule has 1 aromatic rings. The Balaban J connectivity index is 1.80. The predicted octanol–water partition coefficient (Wildman–Crippen LogP) is 1.86. The zero-order valence-corrected chi connectivity index (χ0v) is 10.7. The highest BCUT2D eigenvalue weighted by atomic mass is 16.1. The number of aryl methyl sites for hydroxylation is 1. The third-order valence-corrected chi connectivity index (χ3v) is 5.05. The number of aromatic nitrogens is 1. The van der Waals surface area contributed by atoms with Crippen LogP contribution in [0.2, 0.25) is 0 Å². The summed E-state index contributed by atoms with van der Waals surface area (Å²) in [6.07, 6.45) is 7.02. The van der Waals surface area contributed by atoms with Gasteiger partial charge in [0.2, 0.25) is 0 Å². The van der Waals surface area contributed by atoms with Crippen LogP contribution in [0, 0.1) is 11.8 Å². The maximum Gasteiger partial charge on any atom is 0.169 e. The molecule has 4 rings (SSSR count). The molecule has 3 nitrogen and oxygen atoms in total. The largest absolute Gasteiger partial charge is 0.361 e. The van der Waals surface area contributed by atoms with Crippen molar-refractivity contribution in [2.75, 3.05) is 13.1 Å². The van der Waals surface area contributed by atoms with E-state index in [4.69, 9.17) is 0 Å². The Kier molecular flexibility index (Phi) is 2.37. The van der Waals surface area contributed by atoms with Crippen LogP contribution in [0.15, 0.2) is 0 Å². The number of Topliss-reactive ketones (excluding diaryl/α,β-unsaturated/α-hetero) is 1. The van der Waals surface area contributed by atoms with Crippen molar-refractivity contribution < 1.29 is 4.79 Å². The second-order valence-corrected chi connectivity index (χ2v) is 6.07. The lowest BCUT2D eigenvalue weighted by atomic mass is 9.73. The van der Waals surface area contributed by atoms with Gasteiger partial charge in [-0.1, -0.05) is 0 Å². The highest BCUT2D eigenvalue weighted by molar-refractivity contribution is 6.02. The number of nitrogens with one attached hydrogen (secondary N) is 2. The molecule has 0 bridgehead atoms. The van der Waals surface area contributed by atoms with Crippen molar-refractivity contribution in [1.29, 1.82) is 0 Å². The number of hydrogen-bond donors (Lipinski definition) is 2. The summed E-state index contributed by atoms with van der Waals surface area (Å²) in [6.45, 7) is 1.97. The molecule has 0 aromatic carbocycles. The molecule has 2 aliphatic carbocycles. The Labute approximate surface area is 107 Å². The van der Waals surface area contributed by atoms with E-state index in [9.17, 15) is 4.79 Å². The van der Waals surface area contributed by atoms with Crippen molar-refractivity contribution in [2.24, 2.45) is 11.8 Å². The fourth-order valence-electron chi connectivity index (χ4n) is 4.11. The van der Waals surface area contributed by atoms with E-state index in [-0.39, 0.29) is 5.92 Å². The zero-order chi connectivity index (χ0) is 12.1. The number of carbonyl (C=O) groups excluding carboxylic acids is 1. The predicted molar refractivity (Wildman–Crippen MR) is 69.9 cm³/mol. The molecule has 1 saturated heterocycles. The van der Waals surface area contributed by atoms with Gasteiger partial charge in [0.05, 0.1) is 0 Å². The van der Waals surface area contributed by atoms with Gasteiger partial charge in [0, 0.05) is 29.4 Å². The maximum atomic E-state index is 12.7. The normalized spacial score (nSPS) is 30.6. The molecule has 18 heavy (non-hydrogen) atoms. The van der Waals surface area contributed by atoms with E-state index in [0.29, 0.717) is 11.7 Å². The lowest BCUT2D eigenvalue weighted by molar-refractivity contribution is 0.0817. The Morgan fingerprint density at radius 2 is 2.00 bits per heavy atom. The summed E-state index contributed by atoms with van der Waals surface area (Å²) in [4.78, 5) is 16.3. The van der Waals surface area contributed by atoms with Crippen LogP contribution >= 0.6 is 0 Å². The van der Waals surface area contributed by atoms with Gasteiger partial charge >= 0.3 is 0 Å². The fourth-order valence-corrected chi connectivity index (χ4v) is 4.11. The van der Waals surface area contributed by atoms with Crippen LogP contribution in [0.3, 0.4) is 0 Å². The lowest BCUT2D eigenvalue weighted by Gasteiger charge is -2.34. The number of aromatic amines is 1. The molecular weight excluding hydrogens is 224 g/mol. The number of ketones is 1. The van der Waals surface area contributed by atoms with Crippen LogP contribution in [0.5, 0.6) is 0 Å². The van der Waals surface area contributed by atoms with Gasteiger partial charge < -0.3 is 10.3 Å². The molecule has 2 atom stereocenters. The van der Waals surface area contributed by atoms with Crippen LogP contribution in [0.4, 0.5) is 0 Å². The molecule has 0 amide bonds. The minimum absolute atomic E-state index is 0.244. The first kappa shape index (κ1) is 10.8. The summed E-state index contributed by atoms with van der Waals surface area (Å²) in [5.41, 5.74) is 5.08. The van der Waals surface area contributed by atoms with Gasteiger partial charge in [-0.25, -0.2) is 0 Å². The molecular formula is C15H20N2O. The monoisotopic (exact) mass is 244 g/mol.